The molecule has 5 nitrogen and oxygen atoms in total. The predicted octanol–water partition coefficient (Wildman–Crippen LogP) is 1.61. The minimum absolute atomic E-state index is 0.416. The smallest absolute Gasteiger partial charge is 0.334 e. The first-order valence-corrected chi connectivity index (χ1v) is 6.89. The van der Waals surface area contributed by atoms with Gasteiger partial charge in [-0.2, -0.15) is 0 Å². The molecule has 1 aromatic carbocycles. The molecule has 1 atom stereocenters. The molecule has 0 aromatic heterocycles. The van der Waals surface area contributed by atoms with Crippen LogP contribution in [0.2, 0.25) is 0 Å². The number of morpholine rings is 1. The van der Waals surface area contributed by atoms with Gasteiger partial charge in [-0.05, 0) is 24.3 Å². The fraction of sp³-hybridized carbons (Fsp3) is 0.462. The van der Waals surface area contributed by atoms with Crippen LogP contribution in [-0.4, -0.2) is 54.9 Å². The van der Waals surface area contributed by atoms with E-state index in [4.69, 9.17) is 14.6 Å². The van der Waals surface area contributed by atoms with Gasteiger partial charge in [0.1, 0.15) is 12.4 Å². The molecule has 1 fully saturated rings. The molecule has 0 bridgehead atoms. The van der Waals surface area contributed by atoms with Crippen molar-refractivity contribution < 1.29 is 19.4 Å². The van der Waals surface area contributed by atoms with Crippen molar-refractivity contribution in [1.82, 2.24) is 4.90 Å². The van der Waals surface area contributed by atoms with Crippen LogP contribution in [0.3, 0.4) is 0 Å². The van der Waals surface area contributed by atoms with Crippen LogP contribution < -0.4 is 4.74 Å². The standard InChI is InChI=1S/C13H16BrNO4/c14-10-1-3-11(4-2-10)18-7-5-15-6-8-19-12(9-15)13(16)17/h1-4,12H,5-9H2,(H,16,17). The fourth-order valence-corrected chi connectivity index (χ4v) is 2.14. The Morgan fingerprint density at radius 3 is 2.89 bits per heavy atom. The number of hydrogen-bond donors (Lipinski definition) is 1. The number of hydrogen-bond acceptors (Lipinski definition) is 4. The third-order valence-corrected chi connectivity index (χ3v) is 3.44. The van der Waals surface area contributed by atoms with Crippen molar-refractivity contribution in [3.63, 3.8) is 0 Å². The molecule has 1 aromatic rings. The Morgan fingerprint density at radius 1 is 1.47 bits per heavy atom. The van der Waals surface area contributed by atoms with Crippen molar-refractivity contribution in [2.75, 3.05) is 32.8 Å². The molecular weight excluding hydrogens is 314 g/mol. The second-order valence-corrected chi connectivity index (χ2v) is 5.22. The van der Waals surface area contributed by atoms with Crippen molar-refractivity contribution in [3.8, 4) is 5.75 Å². The van der Waals surface area contributed by atoms with E-state index in [2.05, 4.69) is 15.9 Å². The molecule has 0 saturated carbocycles. The lowest BCUT2D eigenvalue weighted by Gasteiger charge is -2.30. The summed E-state index contributed by atoms with van der Waals surface area (Å²) < 4.78 is 11.8. The van der Waals surface area contributed by atoms with Gasteiger partial charge in [0, 0.05) is 24.1 Å². The highest BCUT2D eigenvalue weighted by atomic mass is 79.9. The monoisotopic (exact) mass is 329 g/mol. The van der Waals surface area contributed by atoms with Gasteiger partial charge in [0.2, 0.25) is 0 Å². The maximum absolute atomic E-state index is 10.8. The van der Waals surface area contributed by atoms with E-state index in [1.54, 1.807) is 0 Å². The van der Waals surface area contributed by atoms with Crippen molar-refractivity contribution in [2.45, 2.75) is 6.10 Å². The molecule has 1 saturated heterocycles. The van der Waals surface area contributed by atoms with E-state index in [1.165, 1.54) is 0 Å². The van der Waals surface area contributed by atoms with Gasteiger partial charge in [0.05, 0.1) is 6.61 Å². The molecule has 1 aliphatic rings. The zero-order chi connectivity index (χ0) is 13.7. The Morgan fingerprint density at radius 2 is 2.21 bits per heavy atom. The summed E-state index contributed by atoms with van der Waals surface area (Å²) in [6, 6.07) is 7.63. The SMILES string of the molecule is O=C(O)C1CN(CCOc2ccc(Br)cc2)CCO1. The average molecular weight is 330 g/mol. The van der Waals surface area contributed by atoms with E-state index < -0.39 is 12.1 Å². The number of carboxylic acids is 1. The Hall–Kier alpha value is -1.11. The van der Waals surface area contributed by atoms with Gasteiger partial charge >= 0.3 is 5.97 Å². The molecule has 1 heterocycles. The molecule has 19 heavy (non-hydrogen) atoms. The van der Waals surface area contributed by atoms with E-state index in [1.807, 2.05) is 29.2 Å². The molecule has 0 spiro atoms. The Labute approximate surface area is 120 Å². The van der Waals surface area contributed by atoms with E-state index in [9.17, 15) is 4.79 Å². The first-order valence-electron chi connectivity index (χ1n) is 6.10. The van der Waals surface area contributed by atoms with E-state index in [0.717, 1.165) is 16.8 Å². The molecule has 0 aliphatic carbocycles. The quantitative estimate of drug-likeness (QED) is 0.889. The second-order valence-electron chi connectivity index (χ2n) is 4.30. The van der Waals surface area contributed by atoms with Gasteiger partial charge in [-0.25, -0.2) is 4.79 Å². The Kier molecular flexibility index (Phi) is 5.18. The minimum Gasteiger partial charge on any atom is -0.492 e. The number of carboxylic acid groups (broad SMARTS) is 1. The van der Waals surface area contributed by atoms with Crippen LogP contribution in [0.5, 0.6) is 5.75 Å². The van der Waals surface area contributed by atoms with Crippen LogP contribution in [0, 0.1) is 0 Å². The molecule has 1 unspecified atom stereocenters. The van der Waals surface area contributed by atoms with E-state index in [-0.39, 0.29) is 0 Å². The zero-order valence-corrected chi connectivity index (χ0v) is 12.0. The first kappa shape index (κ1) is 14.3. The fourth-order valence-electron chi connectivity index (χ4n) is 1.88. The zero-order valence-electron chi connectivity index (χ0n) is 10.4. The van der Waals surface area contributed by atoms with E-state index in [0.29, 0.717) is 26.3 Å². The molecule has 0 amide bonds. The summed E-state index contributed by atoms with van der Waals surface area (Å²) >= 11 is 3.36. The lowest BCUT2D eigenvalue weighted by atomic mass is 10.3. The first-order chi connectivity index (χ1) is 9.15. The summed E-state index contributed by atoms with van der Waals surface area (Å²) in [4.78, 5) is 12.9. The number of benzene rings is 1. The molecule has 1 N–H and O–H groups in total. The summed E-state index contributed by atoms with van der Waals surface area (Å²) in [7, 11) is 0. The Balaban J connectivity index is 1.73. The molecular formula is C13H16BrNO4. The maximum Gasteiger partial charge on any atom is 0.334 e. The third-order valence-electron chi connectivity index (χ3n) is 2.92. The largest absolute Gasteiger partial charge is 0.492 e. The lowest BCUT2D eigenvalue weighted by Crippen LogP contribution is -2.47. The summed E-state index contributed by atoms with van der Waals surface area (Å²) in [5.41, 5.74) is 0. The summed E-state index contributed by atoms with van der Waals surface area (Å²) in [6.45, 7) is 2.85. The van der Waals surface area contributed by atoms with Crippen LogP contribution in [0.15, 0.2) is 28.7 Å². The molecule has 104 valence electrons. The van der Waals surface area contributed by atoms with Gasteiger partial charge in [0.15, 0.2) is 6.10 Å². The molecule has 6 heteroatoms. The number of nitrogens with zero attached hydrogens (tertiary/aromatic N) is 1. The van der Waals surface area contributed by atoms with Crippen LogP contribution in [0.4, 0.5) is 0 Å². The normalized spacial score (nSPS) is 20.2. The highest BCUT2D eigenvalue weighted by molar-refractivity contribution is 9.10. The van der Waals surface area contributed by atoms with Crippen LogP contribution in [0.1, 0.15) is 0 Å². The van der Waals surface area contributed by atoms with Crippen molar-refractivity contribution in [1.29, 1.82) is 0 Å². The van der Waals surface area contributed by atoms with Crippen LogP contribution in [-0.2, 0) is 9.53 Å². The summed E-state index contributed by atoms with van der Waals surface area (Å²) in [6.07, 6.45) is -0.721. The van der Waals surface area contributed by atoms with Crippen LogP contribution in [0.25, 0.3) is 0 Å². The van der Waals surface area contributed by atoms with Crippen LogP contribution >= 0.6 is 15.9 Å². The Bertz CT molecular complexity index is 423. The number of aliphatic carboxylic acids is 1. The van der Waals surface area contributed by atoms with Gasteiger partial charge < -0.3 is 14.6 Å². The highest BCUT2D eigenvalue weighted by Gasteiger charge is 2.25. The van der Waals surface area contributed by atoms with Crippen molar-refractivity contribution >= 4 is 21.9 Å². The topological polar surface area (TPSA) is 59.0 Å². The number of halogens is 1. The predicted molar refractivity (Wildman–Crippen MR) is 73.5 cm³/mol. The summed E-state index contributed by atoms with van der Waals surface area (Å²) in [5.74, 6) is -0.0928. The van der Waals surface area contributed by atoms with Gasteiger partial charge in [-0.3, -0.25) is 4.90 Å². The number of carbonyl (C=O) groups is 1. The van der Waals surface area contributed by atoms with Crippen molar-refractivity contribution in [2.24, 2.45) is 0 Å². The highest BCUT2D eigenvalue weighted by Crippen LogP contribution is 2.16. The average Bonchev–Trinajstić information content (AvgIpc) is 2.41. The van der Waals surface area contributed by atoms with Gasteiger partial charge in [0.25, 0.3) is 0 Å². The third kappa shape index (κ3) is 4.49. The number of ether oxygens (including phenoxy) is 2. The molecule has 0 radical (unpaired) electrons. The number of rotatable bonds is 5. The van der Waals surface area contributed by atoms with Crippen molar-refractivity contribution in [3.05, 3.63) is 28.7 Å². The summed E-state index contributed by atoms with van der Waals surface area (Å²) in [5, 5.41) is 8.90. The maximum atomic E-state index is 10.8. The van der Waals surface area contributed by atoms with E-state index >= 15 is 0 Å². The molecule has 2 rings (SSSR count). The van der Waals surface area contributed by atoms with Gasteiger partial charge in [-0.15, -0.1) is 0 Å². The van der Waals surface area contributed by atoms with Gasteiger partial charge in [-0.1, -0.05) is 15.9 Å². The molecule has 1 aliphatic heterocycles. The lowest BCUT2D eigenvalue weighted by molar-refractivity contribution is -0.156. The second kappa shape index (κ2) is 6.88. The minimum atomic E-state index is -0.904.